The third-order valence-corrected chi connectivity index (χ3v) is 4.08. The molecular formula is C15H25N3. The summed E-state index contributed by atoms with van der Waals surface area (Å²) in [4.78, 5) is 8.95. The Kier molecular flexibility index (Phi) is 3.88. The lowest BCUT2D eigenvalue weighted by atomic mass is 9.73. The molecule has 18 heavy (non-hydrogen) atoms. The maximum atomic E-state index is 4.52. The van der Waals surface area contributed by atoms with Crippen LogP contribution < -0.4 is 5.32 Å². The van der Waals surface area contributed by atoms with Gasteiger partial charge in [0.2, 0.25) is 0 Å². The Morgan fingerprint density at radius 1 is 1.33 bits per heavy atom. The van der Waals surface area contributed by atoms with E-state index >= 15 is 0 Å². The van der Waals surface area contributed by atoms with Crippen molar-refractivity contribution in [2.45, 2.75) is 65.8 Å². The molecule has 100 valence electrons. The zero-order valence-corrected chi connectivity index (χ0v) is 12.1. The molecule has 1 aliphatic carbocycles. The van der Waals surface area contributed by atoms with E-state index in [9.17, 15) is 0 Å². The van der Waals surface area contributed by atoms with Gasteiger partial charge in [0.1, 0.15) is 11.6 Å². The highest BCUT2D eigenvalue weighted by Crippen LogP contribution is 2.37. The molecule has 1 aliphatic rings. The third-order valence-electron chi connectivity index (χ3n) is 4.08. The molecule has 1 aromatic heterocycles. The summed E-state index contributed by atoms with van der Waals surface area (Å²) in [6.07, 6.45) is 6.19. The van der Waals surface area contributed by atoms with Crippen molar-refractivity contribution in [2.24, 2.45) is 5.41 Å². The van der Waals surface area contributed by atoms with Crippen LogP contribution in [0.5, 0.6) is 0 Å². The summed E-state index contributed by atoms with van der Waals surface area (Å²) in [6.45, 7) is 8.82. The van der Waals surface area contributed by atoms with Gasteiger partial charge in [0.05, 0.1) is 0 Å². The Hall–Kier alpha value is -1.12. The van der Waals surface area contributed by atoms with Gasteiger partial charge in [-0.05, 0) is 31.6 Å². The molecule has 1 atom stereocenters. The fraction of sp³-hybridized carbons (Fsp3) is 0.733. The number of rotatable bonds is 3. The van der Waals surface area contributed by atoms with Crippen molar-refractivity contribution < 1.29 is 0 Å². The van der Waals surface area contributed by atoms with Crippen LogP contribution in [-0.2, 0) is 6.42 Å². The van der Waals surface area contributed by atoms with Crippen molar-refractivity contribution >= 4 is 5.82 Å². The lowest BCUT2D eigenvalue weighted by Gasteiger charge is -2.39. The van der Waals surface area contributed by atoms with Gasteiger partial charge in [0.15, 0.2) is 0 Å². The maximum absolute atomic E-state index is 4.52. The average molecular weight is 247 g/mol. The van der Waals surface area contributed by atoms with Crippen LogP contribution in [0.15, 0.2) is 6.07 Å². The molecule has 0 amide bonds. The molecule has 0 radical (unpaired) electrons. The Morgan fingerprint density at radius 3 is 2.78 bits per heavy atom. The fourth-order valence-electron chi connectivity index (χ4n) is 2.82. The van der Waals surface area contributed by atoms with E-state index in [-0.39, 0.29) is 0 Å². The first-order valence-electron chi connectivity index (χ1n) is 7.12. The first kappa shape index (κ1) is 13.3. The van der Waals surface area contributed by atoms with Crippen LogP contribution in [0.1, 0.15) is 58.0 Å². The molecule has 1 fully saturated rings. The summed E-state index contributed by atoms with van der Waals surface area (Å²) in [5.41, 5.74) is 1.49. The molecule has 1 saturated carbocycles. The standard InChI is InChI=1S/C15H25N3/c1-5-12-10-14(17-11(2)16-12)18-13-8-6-7-9-15(13,3)4/h10,13H,5-9H2,1-4H3,(H,16,17,18). The molecule has 0 aromatic carbocycles. The van der Waals surface area contributed by atoms with Crippen molar-refractivity contribution in [3.05, 3.63) is 17.6 Å². The Bertz CT molecular complexity index is 412. The minimum absolute atomic E-state index is 0.365. The molecule has 1 aromatic rings. The number of nitrogens with one attached hydrogen (secondary N) is 1. The van der Waals surface area contributed by atoms with Crippen LogP contribution in [0, 0.1) is 12.3 Å². The average Bonchev–Trinajstić information content (AvgIpc) is 2.31. The van der Waals surface area contributed by atoms with Gasteiger partial charge in [-0.15, -0.1) is 0 Å². The number of nitrogens with zero attached hydrogens (tertiary/aromatic N) is 2. The summed E-state index contributed by atoms with van der Waals surface area (Å²) in [7, 11) is 0. The normalized spacial score (nSPS) is 22.8. The lowest BCUT2D eigenvalue weighted by molar-refractivity contribution is 0.216. The largest absolute Gasteiger partial charge is 0.367 e. The zero-order valence-electron chi connectivity index (χ0n) is 12.1. The first-order chi connectivity index (χ1) is 8.51. The minimum atomic E-state index is 0.365. The van der Waals surface area contributed by atoms with E-state index in [4.69, 9.17) is 0 Å². The van der Waals surface area contributed by atoms with E-state index in [1.54, 1.807) is 0 Å². The monoisotopic (exact) mass is 247 g/mol. The van der Waals surface area contributed by atoms with Crippen molar-refractivity contribution in [2.75, 3.05) is 5.32 Å². The number of aromatic nitrogens is 2. The van der Waals surface area contributed by atoms with Crippen LogP contribution in [-0.4, -0.2) is 16.0 Å². The Labute approximate surface area is 110 Å². The molecule has 0 bridgehead atoms. The van der Waals surface area contributed by atoms with E-state index in [1.807, 2.05) is 6.92 Å². The number of aryl methyl sites for hydroxylation is 2. The SMILES string of the molecule is CCc1cc(NC2CCCCC2(C)C)nc(C)n1. The number of hydrogen-bond acceptors (Lipinski definition) is 3. The van der Waals surface area contributed by atoms with E-state index in [0.29, 0.717) is 11.5 Å². The summed E-state index contributed by atoms with van der Waals surface area (Å²) in [5, 5.41) is 3.64. The smallest absolute Gasteiger partial charge is 0.130 e. The third kappa shape index (κ3) is 3.01. The number of hydrogen-bond donors (Lipinski definition) is 1. The fourth-order valence-corrected chi connectivity index (χ4v) is 2.82. The molecule has 2 rings (SSSR count). The minimum Gasteiger partial charge on any atom is -0.367 e. The summed E-state index contributed by atoms with van der Waals surface area (Å²) in [6, 6.07) is 2.63. The van der Waals surface area contributed by atoms with Crippen LogP contribution >= 0.6 is 0 Å². The van der Waals surface area contributed by atoms with E-state index in [1.165, 1.54) is 25.7 Å². The van der Waals surface area contributed by atoms with Crippen LogP contribution in [0.4, 0.5) is 5.82 Å². The van der Waals surface area contributed by atoms with E-state index in [0.717, 1.165) is 23.8 Å². The van der Waals surface area contributed by atoms with Crippen molar-refractivity contribution in [3.63, 3.8) is 0 Å². The molecule has 0 saturated heterocycles. The molecule has 0 spiro atoms. The summed E-state index contributed by atoms with van der Waals surface area (Å²) in [5.74, 6) is 1.87. The van der Waals surface area contributed by atoms with Gasteiger partial charge in [-0.3, -0.25) is 0 Å². The van der Waals surface area contributed by atoms with Crippen molar-refractivity contribution in [1.29, 1.82) is 0 Å². The van der Waals surface area contributed by atoms with Gasteiger partial charge in [0, 0.05) is 17.8 Å². The molecule has 3 nitrogen and oxygen atoms in total. The highest BCUT2D eigenvalue weighted by atomic mass is 15.1. The second kappa shape index (κ2) is 5.25. The molecule has 1 heterocycles. The predicted molar refractivity (Wildman–Crippen MR) is 75.8 cm³/mol. The van der Waals surface area contributed by atoms with Crippen LogP contribution in [0.25, 0.3) is 0 Å². The van der Waals surface area contributed by atoms with Gasteiger partial charge in [-0.2, -0.15) is 0 Å². The molecule has 1 unspecified atom stereocenters. The highest BCUT2D eigenvalue weighted by molar-refractivity contribution is 5.38. The van der Waals surface area contributed by atoms with Gasteiger partial charge < -0.3 is 5.32 Å². The number of anilines is 1. The van der Waals surface area contributed by atoms with Crippen LogP contribution in [0.2, 0.25) is 0 Å². The van der Waals surface area contributed by atoms with E-state index < -0.39 is 0 Å². The quantitative estimate of drug-likeness (QED) is 0.884. The molecule has 3 heteroatoms. The molecule has 1 N–H and O–H groups in total. The topological polar surface area (TPSA) is 37.8 Å². The van der Waals surface area contributed by atoms with Gasteiger partial charge in [-0.1, -0.05) is 33.6 Å². The Balaban J connectivity index is 2.15. The maximum Gasteiger partial charge on any atom is 0.130 e. The van der Waals surface area contributed by atoms with Crippen LogP contribution in [0.3, 0.4) is 0 Å². The van der Waals surface area contributed by atoms with Gasteiger partial charge in [-0.25, -0.2) is 9.97 Å². The summed E-state index contributed by atoms with van der Waals surface area (Å²) < 4.78 is 0. The van der Waals surface area contributed by atoms with Crippen molar-refractivity contribution in [3.8, 4) is 0 Å². The lowest BCUT2D eigenvalue weighted by Crippen LogP contribution is -2.39. The second-order valence-corrected chi connectivity index (χ2v) is 6.08. The van der Waals surface area contributed by atoms with Crippen molar-refractivity contribution in [1.82, 2.24) is 9.97 Å². The molecule has 0 aliphatic heterocycles. The molecular weight excluding hydrogens is 222 g/mol. The predicted octanol–water partition coefficient (Wildman–Crippen LogP) is 3.73. The zero-order chi connectivity index (χ0) is 13.2. The first-order valence-corrected chi connectivity index (χ1v) is 7.12. The summed E-state index contributed by atoms with van der Waals surface area (Å²) >= 11 is 0. The Morgan fingerprint density at radius 2 is 2.11 bits per heavy atom. The second-order valence-electron chi connectivity index (χ2n) is 6.08. The van der Waals surface area contributed by atoms with Gasteiger partial charge >= 0.3 is 0 Å². The highest BCUT2D eigenvalue weighted by Gasteiger charge is 2.32. The van der Waals surface area contributed by atoms with Gasteiger partial charge in [0.25, 0.3) is 0 Å². The van der Waals surface area contributed by atoms with E-state index in [2.05, 4.69) is 42.1 Å².